The Morgan fingerprint density at radius 2 is 1.83 bits per heavy atom. The molecule has 1 N–H and O–H groups in total. The van der Waals surface area contributed by atoms with Crippen LogP contribution in [0.3, 0.4) is 0 Å². The van der Waals surface area contributed by atoms with Crippen LogP contribution >= 0.6 is 0 Å². The maximum Gasteiger partial charge on any atom is 0.255 e. The van der Waals surface area contributed by atoms with Crippen molar-refractivity contribution in [1.82, 2.24) is 20.0 Å². The molecule has 0 saturated carbocycles. The van der Waals surface area contributed by atoms with E-state index < -0.39 is 0 Å². The summed E-state index contributed by atoms with van der Waals surface area (Å²) in [6.45, 7) is 6.41. The van der Waals surface area contributed by atoms with Crippen LogP contribution in [-0.2, 0) is 7.05 Å². The van der Waals surface area contributed by atoms with Crippen molar-refractivity contribution >= 4 is 5.91 Å². The fourth-order valence-corrected chi connectivity index (χ4v) is 2.77. The van der Waals surface area contributed by atoms with E-state index in [4.69, 9.17) is 0 Å². The van der Waals surface area contributed by atoms with E-state index in [0.717, 1.165) is 11.4 Å². The van der Waals surface area contributed by atoms with Gasteiger partial charge in [0.1, 0.15) is 0 Å². The molecule has 1 heterocycles. The van der Waals surface area contributed by atoms with Crippen LogP contribution in [0, 0.1) is 20.8 Å². The summed E-state index contributed by atoms with van der Waals surface area (Å²) in [6, 6.07) is 8.57. The topological polar surface area (TPSA) is 50.2 Å². The zero-order valence-corrected chi connectivity index (χ0v) is 14.8. The summed E-state index contributed by atoms with van der Waals surface area (Å²) >= 11 is 0. The molecule has 5 heteroatoms. The van der Waals surface area contributed by atoms with E-state index in [-0.39, 0.29) is 11.9 Å². The smallest absolute Gasteiger partial charge is 0.255 e. The van der Waals surface area contributed by atoms with E-state index in [2.05, 4.69) is 46.5 Å². The molecule has 0 fully saturated rings. The summed E-state index contributed by atoms with van der Waals surface area (Å²) in [5.41, 5.74) is 4.75. The molecule has 2 rings (SSSR count). The number of aryl methyl sites for hydroxylation is 3. The third kappa shape index (κ3) is 3.79. The zero-order chi connectivity index (χ0) is 17.1. The Kier molecular flexibility index (Phi) is 5.21. The number of benzene rings is 1. The van der Waals surface area contributed by atoms with Gasteiger partial charge in [-0.25, -0.2) is 0 Å². The van der Waals surface area contributed by atoms with Crippen LogP contribution in [0.15, 0.2) is 24.3 Å². The lowest BCUT2D eigenvalue weighted by molar-refractivity contribution is 0.0940. The normalized spacial score (nSPS) is 12.5. The Balaban J connectivity index is 2.13. The minimum absolute atomic E-state index is 0.0629. The summed E-state index contributed by atoms with van der Waals surface area (Å²) in [5, 5.41) is 7.36. The quantitative estimate of drug-likeness (QED) is 0.922. The molecular weight excluding hydrogens is 288 g/mol. The molecule has 2 aromatic rings. The average Bonchev–Trinajstić information content (AvgIpc) is 2.73. The van der Waals surface area contributed by atoms with Crippen molar-refractivity contribution in [2.24, 2.45) is 7.05 Å². The first-order valence-corrected chi connectivity index (χ1v) is 7.82. The molecule has 0 aliphatic rings. The summed E-state index contributed by atoms with van der Waals surface area (Å²) in [6.07, 6.45) is 0. The lowest BCUT2D eigenvalue weighted by Crippen LogP contribution is -2.35. The number of likely N-dealkylation sites (N-methyl/N-ethyl adjacent to an activating group) is 1. The number of rotatable bonds is 5. The summed E-state index contributed by atoms with van der Waals surface area (Å²) in [4.78, 5) is 14.6. The Bertz CT molecular complexity index is 686. The lowest BCUT2D eigenvalue weighted by atomic mass is 10.0. The number of aromatic nitrogens is 2. The first-order valence-electron chi connectivity index (χ1n) is 7.82. The van der Waals surface area contributed by atoms with Crippen molar-refractivity contribution in [2.75, 3.05) is 20.6 Å². The van der Waals surface area contributed by atoms with Gasteiger partial charge in [0.2, 0.25) is 0 Å². The first kappa shape index (κ1) is 17.2. The van der Waals surface area contributed by atoms with Crippen LogP contribution in [0.1, 0.15) is 38.9 Å². The largest absolute Gasteiger partial charge is 0.350 e. The van der Waals surface area contributed by atoms with Gasteiger partial charge in [-0.05, 0) is 40.4 Å². The lowest BCUT2D eigenvalue weighted by Gasteiger charge is -2.25. The van der Waals surface area contributed by atoms with E-state index >= 15 is 0 Å². The number of nitrogens with zero attached hydrogens (tertiary/aromatic N) is 3. The van der Waals surface area contributed by atoms with Gasteiger partial charge in [0.05, 0.1) is 17.3 Å². The van der Waals surface area contributed by atoms with Crippen molar-refractivity contribution in [3.8, 4) is 0 Å². The highest BCUT2D eigenvalue weighted by Crippen LogP contribution is 2.18. The van der Waals surface area contributed by atoms with Crippen molar-refractivity contribution in [2.45, 2.75) is 26.8 Å². The molecule has 1 aromatic carbocycles. The Hall–Kier alpha value is -2.14. The van der Waals surface area contributed by atoms with Gasteiger partial charge in [-0.2, -0.15) is 5.10 Å². The van der Waals surface area contributed by atoms with Gasteiger partial charge < -0.3 is 10.2 Å². The fourth-order valence-electron chi connectivity index (χ4n) is 2.77. The predicted molar refractivity (Wildman–Crippen MR) is 92.6 cm³/mol. The van der Waals surface area contributed by atoms with Crippen LogP contribution in [0.4, 0.5) is 0 Å². The Morgan fingerprint density at radius 1 is 1.22 bits per heavy atom. The maximum absolute atomic E-state index is 12.5. The van der Waals surface area contributed by atoms with Gasteiger partial charge in [-0.15, -0.1) is 0 Å². The number of hydrogen-bond donors (Lipinski definition) is 1. The van der Waals surface area contributed by atoms with E-state index in [0.29, 0.717) is 12.1 Å². The van der Waals surface area contributed by atoms with Crippen molar-refractivity contribution in [1.29, 1.82) is 0 Å². The summed E-state index contributed by atoms with van der Waals surface area (Å²) < 4.78 is 1.74. The maximum atomic E-state index is 12.5. The van der Waals surface area contributed by atoms with E-state index in [1.165, 1.54) is 11.1 Å². The zero-order valence-electron chi connectivity index (χ0n) is 14.8. The minimum atomic E-state index is -0.0629. The minimum Gasteiger partial charge on any atom is -0.350 e. The highest BCUT2D eigenvalue weighted by Gasteiger charge is 2.20. The second-order valence-corrected chi connectivity index (χ2v) is 6.27. The third-order valence-corrected chi connectivity index (χ3v) is 4.28. The molecule has 23 heavy (non-hydrogen) atoms. The Morgan fingerprint density at radius 3 is 2.30 bits per heavy atom. The summed E-state index contributed by atoms with van der Waals surface area (Å²) in [5.74, 6) is -0.0629. The van der Waals surface area contributed by atoms with Crippen LogP contribution in [0.5, 0.6) is 0 Å². The first-order chi connectivity index (χ1) is 10.8. The fraction of sp³-hybridized carbons (Fsp3) is 0.444. The molecule has 0 aliphatic heterocycles. The predicted octanol–water partition coefficient (Wildman–Crippen LogP) is 2.38. The van der Waals surface area contributed by atoms with Gasteiger partial charge >= 0.3 is 0 Å². The van der Waals surface area contributed by atoms with Crippen molar-refractivity contribution in [3.05, 3.63) is 52.3 Å². The van der Waals surface area contributed by atoms with Gasteiger partial charge in [0.25, 0.3) is 5.91 Å². The van der Waals surface area contributed by atoms with Crippen LogP contribution in [0.25, 0.3) is 0 Å². The molecule has 0 bridgehead atoms. The molecule has 0 aliphatic carbocycles. The second-order valence-electron chi connectivity index (χ2n) is 6.27. The number of hydrogen-bond acceptors (Lipinski definition) is 3. The molecule has 1 atom stereocenters. The summed E-state index contributed by atoms with van der Waals surface area (Å²) in [7, 11) is 5.91. The van der Waals surface area contributed by atoms with Crippen LogP contribution in [0.2, 0.25) is 0 Å². The van der Waals surface area contributed by atoms with Gasteiger partial charge in [0, 0.05) is 19.3 Å². The molecule has 124 valence electrons. The van der Waals surface area contributed by atoms with Crippen LogP contribution in [-0.4, -0.2) is 41.2 Å². The van der Waals surface area contributed by atoms with E-state index in [9.17, 15) is 4.79 Å². The van der Waals surface area contributed by atoms with E-state index in [1.807, 2.05) is 35.0 Å². The Labute approximate surface area is 138 Å². The van der Waals surface area contributed by atoms with Crippen LogP contribution < -0.4 is 5.32 Å². The van der Waals surface area contributed by atoms with Gasteiger partial charge in [-0.3, -0.25) is 9.48 Å². The monoisotopic (exact) mass is 314 g/mol. The molecule has 1 amide bonds. The van der Waals surface area contributed by atoms with Crippen molar-refractivity contribution < 1.29 is 4.79 Å². The molecule has 0 saturated heterocycles. The number of amides is 1. The highest BCUT2D eigenvalue weighted by atomic mass is 16.1. The molecule has 5 nitrogen and oxygen atoms in total. The standard InChI is InChI=1S/C18H26N4O/c1-12-7-9-15(10-8-12)16(21(4)5)11-19-18(23)17-13(2)20-22(6)14(17)3/h7-10,16H,11H2,1-6H3,(H,19,23)/t16-/m0/s1. The molecule has 1 aromatic heterocycles. The third-order valence-electron chi connectivity index (χ3n) is 4.28. The number of nitrogens with one attached hydrogen (secondary N) is 1. The molecular formula is C18H26N4O. The SMILES string of the molecule is Cc1ccc([C@H](CNC(=O)c2c(C)nn(C)c2C)N(C)C)cc1. The second kappa shape index (κ2) is 6.96. The molecule has 0 unspecified atom stereocenters. The number of carbonyl (C=O) groups is 1. The van der Waals surface area contributed by atoms with Crippen molar-refractivity contribution in [3.63, 3.8) is 0 Å². The van der Waals surface area contributed by atoms with Gasteiger partial charge in [-0.1, -0.05) is 29.8 Å². The highest BCUT2D eigenvalue weighted by molar-refractivity contribution is 5.96. The van der Waals surface area contributed by atoms with Gasteiger partial charge in [0.15, 0.2) is 0 Å². The molecule has 0 radical (unpaired) electrons. The average molecular weight is 314 g/mol. The number of carbonyl (C=O) groups excluding carboxylic acids is 1. The molecule has 0 spiro atoms. The van der Waals surface area contributed by atoms with E-state index in [1.54, 1.807) is 4.68 Å².